The Morgan fingerprint density at radius 3 is 2.00 bits per heavy atom. The third kappa shape index (κ3) is 21.8. The van der Waals surface area contributed by atoms with Gasteiger partial charge in [-0.25, -0.2) is 0 Å². The smallest absolute Gasteiger partial charge is 0.0104 e. The van der Waals surface area contributed by atoms with Gasteiger partial charge in [0.25, 0.3) is 0 Å². The predicted molar refractivity (Wildman–Crippen MR) is 22.5 cm³/mol. The van der Waals surface area contributed by atoms with Gasteiger partial charge < -0.3 is 5.73 Å². The monoisotopic (exact) mass is 69.1 g/mol. The molecule has 5 heavy (non-hydrogen) atoms. The number of hydrogen-bond donors (Lipinski definition) is 1. The van der Waals surface area contributed by atoms with Gasteiger partial charge in [0.05, 0.1) is 0 Å². The molecule has 0 saturated carbocycles. The van der Waals surface area contributed by atoms with Crippen molar-refractivity contribution in [3.8, 4) is 0 Å². The van der Waals surface area contributed by atoms with Crippen molar-refractivity contribution in [1.29, 1.82) is 0 Å². The largest absolute Gasteiger partial charge is 0.327 e. The van der Waals surface area contributed by atoms with E-state index in [1.807, 2.05) is 0 Å². The summed E-state index contributed by atoms with van der Waals surface area (Å²) in [7, 11) is 0. The van der Waals surface area contributed by atoms with Gasteiger partial charge in [0.2, 0.25) is 0 Å². The van der Waals surface area contributed by atoms with E-state index in [2.05, 4.69) is 6.58 Å². The van der Waals surface area contributed by atoms with Crippen LogP contribution in [-0.2, 0) is 0 Å². The Morgan fingerprint density at radius 1 is 1.80 bits per heavy atom. The van der Waals surface area contributed by atoms with Crippen molar-refractivity contribution in [3.63, 3.8) is 0 Å². The molecule has 0 aromatic carbocycles. The highest BCUT2D eigenvalue weighted by molar-refractivity contribution is 4.64. The van der Waals surface area contributed by atoms with E-state index in [1.54, 1.807) is 6.08 Å². The van der Waals surface area contributed by atoms with E-state index in [1.165, 1.54) is 0 Å². The number of hydrogen-bond acceptors (Lipinski definition) is 1. The van der Waals surface area contributed by atoms with Gasteiger partial charge in [0.15, 0.2) is 0 Å². The van der Waals surface area contributed by atoms with Gasteiger partial charge in [-0.3, -0.25) is 0 Å². The fraction of sp³-hybridized carbons (Fsp3) is 0.250. The summed E-state index contributed by atoms with van der Waals surface area (Å²) in [5.74, 6) is 0. The van der Waals surface area contributed by atoms with Crippen molar-refractivity contribution in [1.82, 2.24) is 0 Å². The molecule has 1 heteroatoms. The lowest BCUT2D eigenvalue weighted by Crippen LogP contribution is -1.90. The Hall–Kier alpha value is -0.300. The Balaban J connectivity index is 0. The van der Waals surface area contributed by atoms with Crippen LogP contribution in [0.25, 0.3) is 0 Å². The molecule has 0 aliphatic carbocycles. The molecular weight excluding hydrogens is 62.1 g/mol. The van der Waals surface area contributed by atoms with Crippen LogP contribution >= 0.6 is 0 Å². The van der Waals surface area contributed by atoms with Crippen LogP contribution in [0.4, 0.5) is 0 Å². The summed E-state index contributed by atoms with van der Waals surface area (Å²) in [5, 5.41) is 0. The highest BCUT2D eigenvalue weighted by atomic mass is 14.5. The van der Waals surface area contributed by atoms with Gasteiger partial charge in [-0.05, 0) is 0 Å². The van der Waals surface area contributed by atoms with Crippen molar-refractivity contribution < 1.29 is 0 Å². The first-order valence-electron chi connectivity index (χ1n) is 1.22. The first-order valence-corrected chi connectivity index (χ1v) is 1.22. The topological polar surface area (TPSA) is 26.0 Å². The van der Waals surface area contributed by atoms with Crippen LogP contribution in [0.5, 0.6) is 0 Å². The van der Waals surface area contributed by atoms with Gasteiger partial charge in [-0.15, -0.1) is 6.58 Å². The van der Waals surface area contributed by atoms with E-state index in [4.69, 9.17) is 5.73 Å². The first-order chi connectivity index (χ1) is 1.91. The summed E-state index contributed by atoms with van der Waals surface area (Å²) < 4.78 is 0. The third-order valence-corrected chi connectivity index (χ3v) is 0.167. The Bertz CT molecular complexity index is 17.6. The lowest BCUT2D eigenvalue weighted by Gasteiger charge is -1.61. The van der Waals surface area contributed by atoms with E-state index in [0.717, 1.165) is 0 Å². The predicted octanol–water partition coefficient (Wildman–Crippen LogP) is 0.212. The van der Waals surface area contributed by atoms with Crippen molar-refractivity contribution in [2.75, 3.05) is 6.54 Å². The van der Waals surface area contributed by atoms with Crippen LogP contribution in [0, 0.1) is 7.43 Å². The van der Waals surface area contributed by atoms with E-state index < -0.39 is 0 Å². The minimum atomic E-state index is 0. The molecule has 0 unspecified atom stereocenters. The molecule has 0 fully saturated rings. The summed E-state index contributed by atoms with van der Waals surface area (Å²) in [6.07, 6.45) is 1.65. The zero-order valence-electron chi connectivity index (χ0n) is 3.07. The minimum absolute atomic E-state index is 0. The van der Waals surface area contributed by atoms with E-state index in [9.17, 15) is 0 Å². The molecule has 0 aromatic rings. The van der Waals surface area contributed by atoms with E-state index >= 15 is 0 Å². The molecule has 0 aromatic heterocycles. The summed E-state index contributed by atoms with van der Waals surface area (Å²) in [4.78, 5) is 0. The molecule has 0 saturated heterocycles. The Kier molecular flexibility index (Phi) is 16.5. The van der Waals surface area contributed by atoms with Crippen LogP contribution in [0.2, 0.25) is 0 Å². The summed E-state index contributed by atoms with van der Waals surface area (Å²) in [6.45, 7) is 3.94. The molecule has 0 amide bonds. The van der Waals surface area contributed by atoms with Crippen molar-refractivity contribution in [2.24, 2.45) is 5.73 Å². The molecule has 0 heterocycles. The average molecular weight is 69.1 g/mol. The molecular formula is C4H7N. The second-order valence-electron chi connectivity index (χ2n) is 0.524. The normalized spacial score (nSPS) is 5.00. The van der Waals surface area contributed by atoms with Crippen LogP contribution < -0.4 is 5.73 Å². The van der Waals surface area contributed by atoms with E-state index in [-0.39, 0.29) is 7.43 Å². The number of rotatable bonds is 1. The second kappa shape index (κ2) is 9.33. The molecule has 2 N–H and O–H groups in total. The van der Waals surface area contributed by atoms with Gasteiger partial charge in [0, 0.05) is 14.0 Å². The first kappa shape index (κ1) is 8.83. The molecule has 0 bridgehead atoms. The minimum Gasteiger partial charge on any atom is -0.327 e. The summed E-state index contributed by atoms with van der Waals surface area (Å²) >= 11 is 0. The Labute approximate surface area is 33.5 Å². The average Bonchev–Trinajstić information content (AvgIpc) is 1.37. The standard InChI is InChI=1S/C3H7N.C/c1-2-3-4;/h2H,1,3-4H2;. The summed E-state index contributed by atoms with van der Waals surface area (Å²) in [5.41, 5.74) is 4.91. The number of nitrogens with two attached hydrogens (primary N) is 1. The van der Waals surface area contributed by atoms with Crippen molar-refractivity contribution in [2.45, 2.75) is 0 Å². The Morgan fingerprint density at radius 2 is 2.00 bits per heavy atom. The van der Waals surface area contributed by atoms with E-state index in [0.29, 0.717) is 6.54 Å². The molecule has 0 spiro atoms. The molecule has 0 aliphatic rings. The lowest BCUT2D eigenvalue weighted by molar-refractivity contribution is 1.26. The maximum atomic E-state index is 4.91. The quantitative estimate of drug-likeness (QED) is 0.438. The highest BCUT2D eigenvalue weighted by Gasteiger charge is 1.43. The van der Waals surface area contributed by atoms with Crippen molar-refractivity contribution in [3.05, 3.63) is 20.1 Å². The van der Waals surface area contributed by atoms with Crippen LogP contribution in [-0.4, -0.2) is 6.54 Å². The van der Waals surface area contributed by atoms with Crippen LogP contribution in [0.1, 0.15) is 0 Å². The molecule has 1 nitrogen and oxygen atoms in total. The van der Waals surface area contributed by atoms with Crippen LogP contribution in [0.15, 0.2) is 12.7 Å². The third-order valence-electron chi connectivity index (χ3n) is 0.167. The van der Waals surface area contributed by atoms with Gasteiger partial charge in [0.1, 0.15) is 0 Å². The zero-order chi connectivity index (χ0) is 3.41. The summed E-state index contributed by atoms with van der Waals surface area (Å²) in [6, 6.07) is 0. The molecule has 28 valence electrons. The van der Waals surface area contributed by atoms with Gasteiger partial charge in [-0.1, -0.05) is 6.08 Å². The fourth-order valence-corrected chi connectivity index (χ4v) is 0. The fourth-order valence-electron chi connectivity index (χ4n) is 0. The lowest BCUT2D eigenvalue weighted by atomic mass is 10.7. The maximum Gasteiger partial charge on any atom is 0.0104 e. The van der Waals surface area contributed by atoms with Gasteiger partial charge >= 0.3 is 0 Å². The van der Waals surface area contributed by atoms with Crippen LogP contribution in [0.3, 0.4) is 0 Å². The van der Waals surface area contributed by atoms with Gasteiger partial charge in [-0.2, -0.15) is 0 Å². The molecule has 0 aliphatic heterocycles. The highest BCUT2D eigenvalue weighted by Crippen LogP contribution is 1.40. The second-order valence-corrected chi connectivity index (χ2v) is 0.524. The maximum absolute atomic E-state index is 4.91. The molecule has 0 atom stereocenters. The molecule has 4 radical (unpaired) electrons. The zero-order valence-corrected chi connectivity index (χ0v) is 3.07. The van der Waals surface area contributed by atoms with Crippen molar-refractivity contribution >= 4 is 0 Å². The molecule has 0 rings (SSSR count). The SMILES string of the molecule is C=CCN.[C].